The minimum atomic E-state index is 0.378. The highest BCUT2D eigenvalue weighted by atomic mass is 16.4. The van der Waals surface area contributed by atoms with Crippen LogP contribution >= 0.6 is 0 Å². The predicted octanol–water partition coefficient (Wildman–Crippen LogP) is 2.80. The van der Waals surface area contributed by atoms with E-state index in [0.29, 0.717) is 18.1 Å². The van der Waals surface area contributed by atoms with Crippen molar-refractivity contribution in [3.63, 3.8) is 0 Å². The summed E-state index contributed by atoms with van der Waals surface area (Å²) in [7, 11) is 0. The molecule has 21 heavy (non-hydrogen) atoms. The molecule has 2 unspecified atom stereocenters. The molecular formula is C17H21N3O. The summed E-state index contributed by atoms with van der Waals surface area (Å²) in [5, 5.41) is 0. The first kappa shape index (κ1) is 13.0. The van der Waals surface area contributed by atoms with E-state index in [4.69, 9.17) is 10.2 Å². The van der Waals surface area contributed by atoms with Gasteiger partial charge in [0, 0.05) is 23.7 Å². The smallest absolute Gasteiger partial charge is 0.209 e. The van der Waals surface area contributed by atoms with Gasteiger partial charge in [0.1, 0.15) is 0 Å². The fourth-order valence-corrected chi connectivity index (χ4v) is 3.85. The van der Waals surface area contributed by atoms with Crippen molar-refractivity contribution in [1.29, 1.82) is 0 Å². The zero-order valence-corrected chi connectivity index (χ0v) is 12.1. The Balaban J connectivity index is 1.50. The number of hydrogen-bond donors (Lipinski definition) is 1. The van der Waals surface area contributed by atoms with Crippen LogP contribution in [-0.2, 0) is 6.54 Å². The number of piperidine rings is 1. The molecule has 0 radical (unpaired) electrons. The van der Waals surface area contributed by atoms with E-state index in [0.717, 1.165) is 36.6 Å². The second-order valence-electron chi connectivity index (χ2n) is 6.27. The van der Waals surface area contributed by atoms with Crippen molar-refractivity contribution in [3.8, 4) is 11.3 Å². The lowest BCUT2D eigenvalue weighted by Crippen LogP contribution is -2.46. The number of nitrogens with two attached hydrogens (primary N) is 1. The summed E-state index contributed by atoms with van der Waals surface area (Å²) in [6, 6.07) is 11.8. The lowest BCUT2D eigenvalue weighted by molar-refractivity contribution is 0.109. The molecule has 2 atom stereocenters. The van der Waals surface area contributed by atoms with Crippen molar-refractivity contribution in [3.05, 3.63) is 42.4 Å². The van der Waals surface area contributed by atoms with Gasteiger partial charge in [-0.15, -0.1) is 0 Å². The Hall–Kier alpha value is -1.65. The molecule has 1 aromatic carbocycles. The van der Waals surface area contributed by atoms with Gasteiger partial charge in [0.25, 0.3) is 0 Å². The largest absolute Gasteiger partial charge is 0.439 e. The highest BCUT2D eigenvalue weighted by Crippen LogP contribution is 2.36. The van der Waals surface area contributed by atoms with E-state index in [9.17, 15) is 0 Å². The maximum absolute atomic E-state index is 6.13. The molecular weight excluding hydrogens is 262 g/mol. The van der Waals surface area contributed by atoms with Crippen molar-refractivity contribution in [1.82, 2.24) is 9.88 Å². The number of aromatic nitrogens is 1. The summed E-state index contributed by atoms with van der Waals surface area (Å²) < 4.78 is 5.94. The number of benzene rings is 1. The fourth-order valence-electron chi connectivity index (χ4n) is 3.85. The Labute approximate surface area is 125 Å². The quantitative estimate of drug-likeness (QED) is 0.941. The molecule has 2 saturated heterocycles. The summed E-state index contributed by atoms with van der Waals surface area (Å²) in [6.45, 7) is 0.814. The molecule has 0 spiro atoms. The minimum absolute atomic E-state index is 0.378. The average Bonchev–Trinajstić information content (AvgIpc) is 3.05. The molecule has 2 aliphatic heterocycles. The van der Waals surface area contributed by atoms with Crippen LogP contribution in [0.5, 0.6) is 0 Å². The maximum Gasteiger partial charge on any atom is 0.209 e. The van der Waals surface area contributed by atoms with Crippen LogP contribution in [0.15, 0.2) is 40.9 Å². The molecule has 2 fully saturated rings. The molecule has 4 nitrogen and oxygen atoms in total. The maximum atomic E-state index is 6.13. The van der Waals surface area contributed by atoms with Crippen molar-refractivity contribution in [2.24, 2.45) is 5.73 Å². The highest BCUT2D eigenvalue weighted by Gasteiger charge is 2.39. The predicted molar refractivity (Wildman–Crippen MR) is 81.5 cm³/mol. The third-order valence-corrected chi connectivity index (χ3v) is 4.85. The average molecular weight is 283 g/mol. The van der Waals surface area contributed by atoms with Gasteiger partial charge in [0.2, 0.25) is 5.89 Å². The van der Waals surface area contributed by atoms with Gasteiger partial charge in [-0.3, -0.25) is 4.90 Å². The van der Waals surface area contributed by atoms with Crippen molar-refractivity contribution < 1.29 is 4.42 Å². The van der Waals surface area contributed by atoms with E-state index in [-0.39, 0.29) is 0 Å². The molecule has 3 heterocycles. The topological polar surface area (TPSA) is 55.3 Å². The first-order chi connectivity index (χ1) is 10.3. The van der Waals surface area contributed by atoms with E-state index in [1.165, 1.54) is 12.8 Å². The standard InChI is InChI=1S/C17H21N3O/c18-13-8-14-6-7-15(9-13)20(14)11-17-19-10-16(21-17)12-4-2-1-3-5-12/h1-5,10,13-15H,6-9,11,18H2. The lowest BCUT2D eigenvalue weighted by atomic mass is 9.98. The van der Waals surface area contributed by atoms with Crippen LogP contribution < -0.4 is 5.73 Å². The normalized spacial score (nSPS) is 28.9. The van der Waals surface area contributed by atoms with E-state index in [1.54, 1.807) is 0 Å². The third kappa shape index (κ3) is 2.49. The van der Waals surface area contributed by atoms with Gasteiger partial charge in [-0.05, 0) is 25.7 Å². The van der Waals surface area contributed by atoms with Crippen molar-refractivity contribution in [2.75, 3.05) is 0 Å². The number of hydrogen-bond acceptors (Lipinski definition) is 4. The number of fused-ring (bicyclic) bond motifs is 2. The van der Waals surface area contributed by atoms with Crippen LogP contribution in [0.3, 0.4) is 0 Å². The number of rotatable bonds is 3. The van der Waals surface area contributed by atoms with Gasteiger partial charge in [-0.2, -0.15) is 0 Å². The van der Waals surface area contributed by atoms with E-state index in [2.05, 4.69) is 9.88 Å². The molecule has 2 aliphatic rings. The molecule has 4 heteroatoms. The summed E-state index contributed by atoms with van der Waals surface area (Å²) in [5.41, 5.74) is 7.21. The molecule has 0 saturated carbocycles. The van der Waals surface area contributed by atoms with Gasteiger partial charge in [0.15, 0.2) is 5.76 Å². The van der Waals surface area contributed by atoms with Crippen molar-refractivity contribution in [2.45, 2.75) is 50.4 Å². The molecule has 2 N–H and O–H groups in total. The molecule has 2 bridgehead atoms. The summed E-state index contributed by atoms with van der Waals surface area (Å²) in [6.07, 6.45) is 6.60. The molecule has 110 valence electrons. The first-order valence-electron chi connectivity index (χ1n) is 7.81. The van der Waals surface area contributed by atoms with E-state index in [1.807, 2.05) is 36.5 Å². The Morgan fingerprint density at radius 1 is 1.14 bits per heavy atom. The van der Waals surface area contributed by atoms with Gasteiger partial charge in [0.05, 0.1) is 12.7 Å². The molecule has 0 aliphatic carbocycles. The minimum Gasteiger partial charge on any atom is -0.439 e. The van der Waals surface area contributed by atoms with Crippen LogP contribution in [0.25, 0.3) is 11.3 Å². The molecule has 0 amide bonds. The number of nitrogens with zero attached hydrogens (tertiary/aromatic N) is 2. The van der Waals surface area contributed by atoms with Crippen LogP contribution in [0.4, 0.5) is 0 Å². The van der Waals surface area contributed by atoms with Gasteiger partial charge >= 0.3 is 0 Å². The fraction of sp³-hybridized carbons (Fsp3) is 0.471. The van der Waals surface area contributed by atoms with Crippen LogP contribution in [0, 0.1) is 0 Å². The molecule has 4 rings (SSSR count). The van der Waals surface area contributed by atoms with Gasteiger partial charge in [-0.1, -0.05) is 30.3 Å². The first-order valence-corrected chi connectivity index (χ1v) is 7.81. The monoisotopic (exact) mass is 283 g/mol. The highest BCUT2D eigenvalue weighted by molar-refractivity contribution is 5.55. The Morgan fingerprint density at radius 2 is 1.86 bits per heavy atom. The van der Waals surface area contributed by atoms with Crippen LogP contribution in [0.1, 0.15) is 31.6 Å². The third-order valence-electron chi connectivity index (χ3n) is 4.85. The summed E-state index contributed by atoms with van der Waals surface area (Å²) >= 11 is 0. The van der Waals surface area contributed by atoms with Crippen LogP contribution in [-0.4, -0.2) is 28.0 Å². The van der Waals surface area contributed by atoms with Crippen molar-refractivity contribution >= 4 is 0 Å². The Bertz CT molecular complexity index is 596. The zero-order chi connectivity index (χ0) is 14.2. The van der Waals surface area contributed by atoms with E-state index >= 15 is 0 Å². The Kier molecular flexibility index (Phi) is 3.28. The van der Waals surface area contributed by atoms with Crippen LogP contribution in [0.2, 0.25) is 0 Å². The Morgan fingerprint density at radius 3 is 2.57 bits per heavy atom. The zero-order valence-electron chi connectivity index (χ0n) is 12.1. The molecule has 2 aromatic rings. The number of oxazole rings is 1. The van der Waals surface area contributed by atoms with Gasteiger partial charge in [-0.25, -0.2) is 4.98 Å². The SMILES string of the molecule is NC1CC2CCC(C1)N2Cc1ncc(-c2ccccc2)o1. The second kappa shape index (κ2) is 5.28. The summed E-state index contributed by atoms with van der Waals surface area (Å²) in [4.78, 5) is 7.01. The summed E-state index contributed by atoms with van der Waals surface area (Å²) in [5.74, 6) is 1.67. The second-order valence-corrected chi connectivity index (χ2v) is 6.27. The van der Waals surface area contributed by atoms with E-state index < -0.39 is 0 Å². The lowest BCUT2D eigenvalue weighted by Gasteiger charge is -2.36. The van der Waals surface area contributed by atoms with Gasteiger partial charge < -0.3 is 10.2 Å². The molecule has 1 aromatic heterocycles.